The number of hydrogen-bond donors (Lipinski definition) is 1. The maximum Gasteiger partial charge on any atom is 0.265 e. The van der Waals surface area contributed by atoms with E-state index in [0.29, 0.717) is 55.2 Å². The SMILES string of the molecule is COCCCN1C(=O)COc2ccc(N(C(=O)[C@H]3CN(C(O)OC(C)(C)C)CC[C@@H]3c3cccc(-c4c(F)ccc(F)c4F)c3)C3CC3)cc21. The summed E-state index contributed by atoms with van der Waals surface area (Å²) in [5.41, 5.74) is 0.901. The van der Waals surface area contributed by atoms with Gasteiger partial charge >= 0.3 is 0 Å². The van der Waals surface area contributed by atoms with Crippen molar-refractivity contribution < 1.29 is 42.1 Å². The third kappa shape index (κ3) is 7.68. The molecule has 1 aliphatic carbocycles. The van der Waals surface area contributed by atoms with Crippen LogP contribution >= 0.6 is 0 Å². The lowest BCUT2D eigenvalue weighted by Gasteiger charge is -2.43. The van der Waals surface area contributed by atoms with Crippen molar-refractivity contribution >= 4 is 23.2 Å². The van der Waals surface area contributed by atoms with Crippen LogP contribution in [0.4, 0.5) is 24.5 Å². The molecule has 268 valence electrons. The number of nitrogens with zero attached hydrogens (tertiary/aromatic N) is 3. The highest BCUT2D eigenvalue weighted by molar-refractivity contribution is 6.01. The number of hydrogen-bond acceptors (Lipinski definition) is 7. The van der Waals surface area contributed by atoms with Crippen LogP contribution in [0.15, 0.2) is 54.6 Å². The number of halogens is 3. The van der Waals surface area contributed by atoms with Gasteiger partial charge in [0.1, 0.15) is 11.6 Å². The predicted octanol–water partition coefficient (Wildman–Crippen LogP) is 6.22. The molecule has 50 heavy (non-hydrogen) atoms. The third-order valence-corrected chi connectivity index (χ3v) is 9.42. The predicted molar refractivity (Wildman–Crippen MR) is 182 cm³/mol. The second kappa shape index (κ2) is 14.7. The minimum Gasteiger partial charge on any atom is -0.482 e. The maximum atomic E-state index is 14.9. The molecule has 0 bridgehead atoms. The Bertz CT molecular complexity index is 1730. The van der Waals surface area contributed by atoms with Crippen molar-refractivity contribution in [2.45, 2.75) is 70.4 Å². The Hall–Kier alpha value is -3.97. The fourth-order valence-corrected chi connectivity index (χ4v) is 6.92. The van der Waals surface area contributed by atoms with Crippen LogP contribution < -0.4 is 14.5 Å². The van der Waals surface area contributed by atoms with Crippen molar-refractivity contribution in [2.24, 2.45) is 5.92 Å². The number of fused-ring (bicyclic) bond motifs is 1. The zero-order valence-electron chi connectivity index (χ0n) is 28.8. The molecule has 9 nitrogen and oxygen atoms in total. The van der Waals surface area contributed by atoms with Crippen LogP contribution in [0.3, 0.4) is 0 Å². The second-order valence-corrected chi connectivity index (χ2v) is 14.2. The van der Waals surface area contributed by atoms with Crippen LogP contribution in [-0.2, 0) is 19.1 Å². The second-order valence-electron chi connectivity index (χ2n) is 14.2. The van der Waals surface area contributed by atoms with Gasteiger partial charge in [0.15, 0.2) is 18.2 Å². The summed E-state index contributed by atoms with van der Waals surface area (Å²) in [7, 11) is 1.61. The summed E-state index contributed by atoms with van der Waals surface area (Å²) in [6, 6.07) is 13.6. The zero-order valence-corrected chi connectivity index (χ0v) is 28.8. The van der Waals surface area contributed by atoms with Gasteiger partial charge in [-0.1, -0.05) is 24.3 Å². The normalized spacial score (nSPS) is 20.3. The van der Waals surface area contributed by atoms with Crippen molar-refractivity contribution in [1.82, 2.24) is 4.90 Å². The van der Waals surface area contributed by atoms with E-state index >= 15 is 0 Å². The van der Waals surface area contributed by atoms with E-state index in [0.717, 1.165) is 25.0 Å². The first kappa shape index (κ1) is 35.8. The molecule has 6 rings (SSSR count). The first-order valence-corrected chi connectivity index (χ1v) is 17.1. The number of aliphatic hydroxyl groups excluding tert-OH is 1. The van der Waals surface area contributed by atoms with E-state index in [1.165, 1.54) is 6.07 Å². The molecule has 3 aromatic rings. The molecule has 1 saturated heterocycles. The molecule has 0 aromatic heterocycles. The first-order chi connectivity index (χ1) is 23.9. The van der Waals surface area contributed by atoms with E-state index in [4.69, 9.17) is 14.2 Å². The number of methoxy groups -OCH3 is 1. The van der Waals surface area contributed by atoms with Gasteiger partial charge in [-0.3, -0.25) is 14.5 Å². The molecule has 1 saturated carbocycles. The molecule has 2 amide bonds. The molecule has 1 N–H and O–H groups in total. The lowest BCUT2D eigenvalue weighted by atomic mass is 9.78. The lowest BCUT2D eigenvalue weighted by Crippen LogP contribution is -2.53. The quantitative estimate of drug-likeness (QED) is 0.145. The number of rotatable bonds is 11. The van der Waals surface area contributed by atoms with E-state index < -0.39 is 46.9 Å². The highest BCUT2D eigenvalue weighted by Gasteiger charge is 2.44. The molecule has 3 aliphatic rings. The smallest absolute Gasteiger partial charge is 0.265 e. The van der Waals surface area contributed by atoms with Gasteiger partial charge in [-0.05, 0) is 93.8 Å². The monoisotopic (exact) mass is 695 g/mol. The van der Waals surface area contributed by atoms with Crippen LogP contribution in [0, 0.1) is 23.4 Å². The Morgan fingerprint density at radius 3 is 2.54 bits per heavy atom. The van der Waals surface area contributed by atoms with E-state index in [-0.39, 0.29) is 36.6 Å². The molecule has 1 unspecified atom stereocenters. The summed E-state index contributed by atoms with van der Waals surface area (Å²) >= 11 is 0. The number of likely N-dealkylation sites (tertiary alicyclic amines) is 1. The van der Waals surface area contributed by atoms with Gasteiger partial charge in [0.25, 0.3) is 5.91 Å². The third-order valence-electron chi connectivity index (χ3n) is 9.42. The zero-order chi connectivity index (χ0) is 35.7. The van der Waals surface area contributed by atoms with Crippen LogP contribution in [0.5, 0.6) is 5.75 Å². The molecule has 2 fully saturated rings. The molecule has 0 spiro atoms. The van der Waals surface area contributed by atoms with Crippen molar-refractivity contribution in [3.05, 3.63) is 77.6 Å². The summed E-state index contributed by atoms with van der Waals surface area (Å²) in [6.45, 7) is 6.86. The Labute approximate surface area is 290 Å². The average Bonchev–Trinajstić information content (AvgIpc) is 3.92. The Kier molecular flexibility index (Phi) is 10.5. The van der Waals surface area contributed by atoms with Gasteiger partial charge in [-0.15, -0.1) is 0 Å². The topological polar surface area (TPSA) is 91.8 Å². The van der Waals surface area contributed by atoms with Crippen molar-refractivity contribution in [2.75, 3.05) is 49.8 Å². The van der Waals surface area contributed by atoms with Crippen molar-refractivity contribution in [1.29, 1.82) is 0 Å². The number of amides is 2. The minimum atomic E-state index is -1.28. The van der Waals surface area contributed by atoms with Gasteiger partial charge in [0.2, 0.25) is 12.3 Å². The number of benzene rings is 3. The van der Waals surface area contributed by atoms with Gasteiger partial charge in [-0.25, -0.2) is 13.2 Å². The number of aliphatic hydroxyl groups is 1. The highest BCUT2D eigenvalue weighted by atomic mass is 19.2. The fraction of sp³-hybridized carbons (Fsp3) is 0.474. The maximum absolute atomic E-state index is 14.9. The van der Waals surface area contributed by atoms with Crippen molar-refractivity contribution in [3.63, 3.8) is 0 Å². The van der Waals surface area contributed by atoms with Gasteiger partial charge in [0, 0.05) is 45.1 Å². The van der Waals surface area contributed by atoms with Crippen molar-refractivity contribution in [3.8, 4) is 16.9 Å². The first-order valence-electron chi connectivity index (χ1n) is 17.1. The summed E-state index contributed by atoms with van der Waals surface area (Å²) < 4.78 is 60.7. The van der Waals surface area contributed by atoms with Gasteiger partial charge in [-0.2, -0.15) is 0 Å². The minimum absolute atomic E-state index is 0.0729. The standard InChI is InChI=1S/C38H44F3N3O6/c1-38(2,3)50-37(47)42-17-15-27(23-7-5-8-24(19-23)34-29(39)12-13-30(40)35(34)41)28(21-42)36(46)44(25-9-10-25)26-11-14-32-31(20-26)43(16-6-18-48-4)33(45)22-49-32/h5,7-8,11-14,19-20,25,27-28,37,47H,6,9-10,15-18,21-22H2,1-4H3/t27-,28+,37?/m1/s1. The van der Waals surface area contributed by atoms with Crippen LogP contribution in [0.2, 0.25) is 0 Å². The molecule has 3 atom stereocenters. The number of carbonyl (C=O) groups is 2. The number of ether oxygens (including phenoxy) is 3. The Morgan fingerprint density at radius 1 is 1.06 bits per heavy atom. The molecular formula is C38H44F3N3O6. The molecular weight excluding hydrogens is 651 g/mol. The highest BCUT2D eigenvalue weighted by Crippen LogP contribution is 2.43. The van der Waals surface area contributed by atoms with Gasteiger partial charge < -0.3 is 29.1 Å². The Balaban J connectivity index is 1.37. The summed E-state index contributed by atoms with van der Waals surface area (Å²) in [6.07, 6.45) is 1.37. The summed E-state index contributed by atoms with van der Waals surface area (Å²) in [5.74, 6) is -4.26. The van der Waals surface area contributed by atoms with E-state index in [2.05, 4.69) is 0 Å². The van der Waals surface area contributed by atoms with Gasteiger partial charge in [0.05, 0.1) is 22.8 Å². The molecule has 3 aromatic carbocycles. The van der Waals surface area contributed by atoms with E-state index in [1.807, 2.05) is 39.0 Å². The number of carbonyl (C=O) groups excluding carboxylic acids is 2. The average molecular weight is 696 g/mol. The lowest BCUT2D eigenvalue weighted by molar-refractivity contribution is -0.245. The van der Waals surface area contributed by atoms with Crippen LogP contribution in [-0.4, -0.2) is 79.8 Å². The number of anilines is 2. The van der Waals surface area contributed by atoms with Crippen LogP contribution in [0.1, 0.15) is 57.9 Å². The number of piperidine rings is 1. The van der Waals surface area contributed by atoms with E-state index in [9.17, 15) is 27.9 Å². The summed E-state index contributed by atoms with van der Waals surface area (Å²) in [5, 5.41) is 11.1. The molecule has 2 heterocycles. The summed E-state index contributed by atoms with van der Waals surface area (Å²) in [4.78, 5) is 33.0. The molecule has 12 heteroatoms. The fourth-order valence-electron chi connectivity index (χ4n) is 6.92. The molecule has 0 radical (unpaired) electrons. The largest absolute Gasteiger partial charge is 0.482 e. The van der Waals surface area contributed by atoms with Crippen LogP contribution in [0.25, 0.3) is 11.1 Å². The Morgan fingerprint density at radius 2 is 1.82 bits per heavy atom. The van der Waals surface area contributed by atoms with E-state index in [1.54, 1.807) is 40.0 Å². The molecule has 2 aliphatic heterocycles.